The van der Waals surface area contributed by atoms with Crippen molar-refractivity contribution in [2.75, 3.05) is 18.9 Å². The lowest BCUT2D eigenvalue weighted by Crippen LogP contribution is -2.29. The van der Waals surface area contributed by atoms with Gasteiger partial charge in [-0.3, -0.25) is 0 Å². The van der Waals surface area contributed by atoms with Gasteiger partial charge >= 0.3 is 0 Å². The van der Waals surface area contributed by atoms with Crippen LogP contribution in [0.3, 0.4) is 0 Å². The van der Waals surface area contributed by atoms with Gasteiger partial charge in [-0.1, -0.05) is 0 Å². The fourth-order valence-corrected chi connectivity index (χ4v) is 5.60. The van der Waals surface area contributed by atoms with Gasteiger partial charge in [0.2, 0.25) is 10.0 Å². The van der Waals surface area contributed by atoms with Crippen LogP contribution in [-0.2, 0) is 16.4 Å². The van der Waals surface area contributed by atoms with E-state index in [2.05, 4.69) is 4.72 Å². The predicted octanol–water partition coefficient (Wildman–Crippen LogP) is 1.46. The van der Waals surface area contributed by atoms with Crippen LogP contribution in [0.5, 0.6) is 0 Å². The van der Waals surface area contributed by atoms with Gasteiger partial charge in [0.1, 0.15) is 4.21 Å². The number of hydrogen-bond donors (Lipinski definition) is 2. The van der Waals surface area contributed by atoms with E-state index in [-0.39, 0.29) is 6.61 Å². The summed E-state index contributed by atoms with van der Waals surface area (Å²) in [4.78, 5) is 0.896. The van der Waals surface area contributed by atoms with Crippen LogP contribution in [0.1, 0.15) is 17.7 Å². The topological polar surface area (TPSA) is 66.4 Å². The summed E-state index contributed by atoms with van der Waals surface area (Å²) in [6, 6.07) is 3.37. The molecule has 1 fully saturated rings. The summed E-state index contributed by atoms with van der Waals surface area (Å²) < 4.78 is 27.1. The first-order chi connectivity index (χ1) is 8.62. The number of aliphatic hydroxyl groups excluding tert-OH is 1. The lowest BCUT2D eigenvalue weighted by atomic mass is 10.2. The Labute approximate surface area is 116 Å². The van der Waals surface area contributed by atoms with E-state index in [1.54, 1.807) is 12.1 Å². The van der Waals surface area contributed by atoms with Gasteiger partial charge in [-0.2, -0.15) is 11.8 Å². The van der Waals surface area contributed by atoms with Crippen molar-refractivity contribution < 1.29 is 13.5 Å². The van der Waals surface area contributed by atoms with E-state index in [9.17, 15) is 8.42 Å². The minimum absolute atomic E-state index is 0.0478. The molecular weight excluding hydrogens is 290 g/mol. The van der Waals surface area contributed by atoms with Crippen LogP contribution in [0.15, 0.2) is 16.3 Å². The largest absolute Gasteiger partial charge is 0.396 e. The molecule has 0 aliphatic carbocycles. The molecule has 0 amide bonds. The van der Waals surface area contributed by atoms with E-state index in [4.69, 9.17) is 5.11 Å². The van der Waals surface area contributed by atoms with Gasteiger partial charge in [-0.15, -0.1) is 11.3 Å². The summed E-state index contributed by atoms with van der Waals surface area (Å²) in [6.07, 6.45) is 2.78. The summed E-state index contributed by atoms with van der Waals surface area (Å²) in [5.41, 5.74) is 0. The van der Waals surface area contributed by atoms with Gasteiger partial charge in [0.15, 0.2) is 0 Å². The van der Waals surface area contributed by atoms with E-state index in [0.717, 1.165) is 17.1 Å². The maximum atomic E-state index is 12.0. The van der Waals surface area contributed by atoms with Gasteiger partial charge in [0.25, 0.3) is 0 Å². The summed E-state index contributed by atoms with van der Waals surface area (Å²) in [6.45, 7) is 0.562. The maximum Gasteiger partial charge on any atom is 0.250 e. The Hall–Kier alpha value is -0.0800. The Bertz CT molecular complexity index is 477. The number of rotatable bonds is 6. The van der Waals surface area contributed by atoms with Crippen LogP contribution in [0.4, 0.5) is 0 Å². The maximum absolute atomic E-state index is 12.0. The summed E-state index contributed by atoms with van der Waals surface area (Å²) >= 11 is 3.06. The molecule has 1 aliphatic rings. The molecule has 18 heavy (non-hydrogen) atoms. The lowest BCUT2D eigenvalue weighted by molar-refractivity contribution is 0.300. The fourth-order valence-electron chi connectivity index (χ4n) is 1.83. The van der Waals surface area contributed by atoms with E-state index in [1.807, 2.05) is 11.8 Å². The average molecular weight is 307 g/mol. The molecule has 7 heteroatoms. The number of hydrogen-bond acceptors (Lipinski definition) is 5. The normalized spacial score (nSPS) is 20.4. The molecule has 1 unspecified atom stereocenters. The van der Waals surface area contributed by atoms with Crippen molar-refractivity contribution in [2.45, 2.75) is 28.7 Å². The van der Waals surface area contributed by atoms with Gasteiger partial charge < -0.3 is 5.11 Å². The first-order valence-corrected chi connectivity index (χ1v) is 9.27. The highest BCUT2D eigenvalue weighted by Gasteiger charge is 2.21. The third kappa shape index (κ3) is 3.71. The quantitative estimate of drug-likeness (QED) is 0.835. The average Bonchev–Trinajstić information content (AvgIpc) is 2.98. The smallest absolute Gasteiger partial charge is 0.250 e. The highest BCUT2D eigenvalue weighted by molar-refractivity contribution is 8.00. The molecule has 1 aromatic heterocycles. The minimum Gasteiger partial charge on any atom is -0.396 e. The second-order valence-corrected chi connectivity index (χ2v) is 8.75. The molecule has 1 aromatic rings. The van der Waals surface area contributed by atoms with E-state index in [0.29, 0.717) is 22.4 Å². The number of thiophene rings is 1. The SMILES string of the molecule is O=S(=O)(NCC1CCCS1)c1ccc(CCO)s1. The third-order valence-corrected chi connectivity index (χ3v) is 7.24. The van der Waals surface area contributed by atoms with Crippen LogP contribution in [0, 0.1) is 0 Å². The fraction of sp³-hybridized carbons (Fsp3) is 0.636. The predicted molar refractivity (Wildman–Crippen MR) is 75.8 cm³/mol. The molecule has 0 spiro atoms. The molecular formula is C11H17NO3S3. The van der Waals surface area contributed by atoms with Crippen molar-refractivity contribution in [2.24, 2.45) is 0 Å². The monoisotopic (exact) mass is 307 g/mol. The van der Waals surface area contributed by atoms with Crippen LogP contribution in [-0.4, -0.2) is 37.7 Å². The molecule has 0 saturated carbocycles. The third-order valence-electron chi connectivity index (χ3n) is 2.79. The second kappa shape index (κ2) is 6.38. The number of thioether (sulfide) groups is 1. The van der Waals surface area contributed by atoms with Crippen LogP contribution < -0.4 is 4.72 Å². The molecule has 0 bridgehead atoms. The van der Waals surface area contributed by atoms with Crippen molar-refractivity contribution in [3.05, 3.63) is 17.0 Å². The van der Waals surface area contributed by atoms with Crippen molar-refractivity contribution in [1.29, 1.82) is 0 Å². The van der Waals surface area contributed by atoms with E-state index >= 15 is 0 Å². The number of sulfonamides is 1. The molecule has 1 aliphatic heterocycles. The van der Waals surface area contributed by atoms with E-state index < -0.39 is 10.0 Å². The first kappa shape index (κ1) is 14.3. The highest BCUT2D eigenvalue weighted by atomic mass is 32.2. The van der Waals surface area contributed by atoms with Crippen molar-refractivity contribution in [1.82, 2.24) is 4.72 Å². The van der Waals surface area contributed by atoms with E-state index in [1.165, 1.54) is 17.8 Å². The Kier molecular flexibility index (Phi) is 5.08. The lowest BCUT2D eigenvalue weighted by Gasteiger charge is -2.09. The second-order valence-electron chi connectivity index (χ2n) is 4.18. The summed E-state index contributed by atoms with van der Waals surface area (Å²) in [5.74, 6) is 1.13. The first-order valence-electron chi connectivity index (χ1n) is 5.92. The molecule has 4 nitrogen and oxygen atoms in total. The van der Waals surface area contributed by atoms with Crippen LogP contribution in [0.25, 0.3) is 0 Å². The minimum atomic E-state index is -3.37. The molecule has 0 radical (unpaired) electrons. The van der Waals surface area contributed by atoms with Crippen molar-refractivity contribution >= 4 is 33.1 Å². The molecule has 1 atom stereocenters. The zero-order chi connectivity index (χ0) is 13.0. The van der Waals surface area contributed by atoms with Gasteiger partial charge in [-0.05, 0) is 30.7 Å². The van der Waals surface area contributed by atoms with Gasteiger partial charge in [-0.25, -0.2) is 13.1 Å². The Balaban J connectivity index is 1.95. The van der Waals surface area contributed by atoms with Crippen LogP contribution >= 0.6 is 23.1 Å². The Morgan fingerprint density at radius 2 is 2.28 bits per heavy atom. The Morgan fingerprint density at radius 1 is 1.44 bits per heavy atom. The van der Waals surface area contributed by atoms with Gasteiger partial charge in [0.05, 0.1) is 0 Å². The standard InChI is InChI=1S/C11H17NO3S3/c13-6-5-9-3-4-11(17-9)18(14,15)12-8-10-2-1-7-16-10/h3-4,10,12-13H,1-2,5-8H2. The summed E-state index contributed by atoms with van der Waals surface area (Å²) in [7, 11) is -3.37. The highest BCUT2D eigenvalue weighted by Crippen LogP contribution is 2.26. The molecule has 2 rings (SSSR count). The zero-order valence-corrected chi connectivity index (χ0v) is 12.4. The number of aliphatic hydroxyl groups is 1. The van der Waals surface area contributed by atoms with Crippen molar-refractivity contribution in [3.8, 4) is 0 Å². The zero-order valence-electron chi connectivity index (χ0n) is 9.96. The molecule has 1 saturated heterocycles. The molecule has 0 aromatic carbocycles. The van der Waals surface area contributed by atoms with Crippen LogP contribution in [0.2, 0.25) is 0 Å². The molecule has 102 valence electrons. The molecule has 2 N–H and O–H groups in total. The molecule has 2 heterocycles. The van der Waals surface area contributed by atoms with Gasteiger partial charge in [0, 0.05) is 29.7 Å². The Morgan fingerprint density at radius 3 is 2.94 bits per heavy atom. The summed E-state index contributed by atoms with van der Waals surface area (Å²) in [5, 5.41) is 9.23. The number of nitrogens with one attached hydrogen (secondary N) is 1. The van der Waals surface area contributed by atoms with Crippen molar-refractivity contribution in [3.63, 3.8) is 0 Å².